The molecule has 0 unspecified atom stereocenters. The van der Waals surface area contributed by atoms with E-state index in [0.29, 0.717) is 25.3 Å². The van der Waals surface area contributed by atoms with Crippen molar-refractivity contribution in [1.29, 1.82) is 0 Å². The number of carbonyl (C=O) groups excluding carboxylic acids is 1. The fraction of sp³-hybridized carbons (Fsp3) is 0.231. The van der Waals surface area contributed by atoms with Crippen molar-refractivity contribution in [3.05, 3.63) is 89.1 Å². The SMILES string of the molecule is COC(=O)c1nn(Cc2cccc(OC)c2)c2c1CCc1cc(OCc3cncnc3)ccc1-2. The minimum absolute atomic E-state index is 0.371. The minimum Gasteiger partial charge on any atom is -0.497 e. The zero-order valence-corrected chi connectivity index (χ0v) is 19.0. The van der Waals surface area contributed by atoms with Crippen LogP contribution >= 0.6 is 0 Å². The fourth-order valence-corrected chi connectivity index (χ4v) is 4.28. The van der Waals surface area contributed by atoms with Gasteiger partial charge < -0.3 is 14.2 Å². The van der Waals surface area contributed by atoms with Crippen LogP contribution in [0.5, 0.6) is 11.5 Å². The Morgan fingerprint density at radius 2 is 1.85 bits per heavy atom. The minimum atomic E-state index is -0.422. The third kappa shape index (κ3) is 4.22. The van der Waals surface area contributed by atoms with Gasteiger partial charge in [-0.1, -0.05) is 12.1 Å². The molecule has 0 amide bonds. The largest absolute Gasteiger partial charge is 0.497 e. The zero-order valence-electron chi connectivity index (χ0n) is 19.0. The Hall–Kier alpha value is -4.20. The zero-order chi connectivity index (χ0) is 23.5. The summed E-state index contributed by atoms with van der Waals surface area (Å²) < 4.78 is 18.2. The van der Waals surface area contributed by atoms with Crippen LogP contribution in [0.2, 0.25) is 0 Å². The Balaban J connectivity index is 1.50. The maximum atomic E-state index is 12.5. The summed E-state index contributed by atoms with van der Waals surface area (Å²) in [5, 5.41) is 4.67. The highest BCUT2D eigenvalue weighted by atomic mass is 16.5. The van der Waals surface area contributed by atoms with Gasteiger partial charge in [-0.05, 0) is 54.3 Å². The standard InChI is InChI=1S/C26H24N4O4/c1-32-20-5-3-4-17(10-20)14-30-25-22-9-7-21(34-15-18-12-27-16-28-13-18)11-19(22)6-8-23(25)24(29-30)26(31)33-2/h3-5,7,9-13,16H,6,8,14-15H2,1-2H3. The molecule has 8 heteroatoms. The second-order valence-electron chi connectivity index (χ2n) is 8.03. The molecule has 0 radical (unpaired) electrons. The van der Waals surface area contributed by atoms with Gasteiger partial charge in [-0.2, -0.15) is 5.10 Å². The maximum absolute atomic E-state index is 12.5. The molecule has 0 bridgehead atoms. The maximum Gasteiger partial charge on any atom is 0.358 e. The molecule has 0 saturated heterocycles. The summed E-state index contributed by atoms with van der Waals surface area (Å²) in [6.45, 7) is 0.896. The van der Waals surface area contributed by atoms with E-state index in [1.54, 1.807) is 19.5 Å². The molecule has 1 aliphatic rings. The number of nitrogens with zero attached hydrogens (tertiary/aromatic N) is 4. The molecule has 8 nitrogen and oxygen atoms in total. The molecular formula is C26H24N4O4. The van der Waals surface area contributed by atoms with Crippen LogP contribution in [0.25, 0.3) is 11.3 Å². The Bertz CT molecular complexity index is 1330. The number of esters is 1. The molecule has 34 heavy (non-hydrogen) atoms. The van der Waals surface area contributed by atoms with E-state index in [-0.39, 0.29) is 0 Å². The van der Waals surface area contributed by atoms with E-state index in [0.717, 1.165) is 51.4 Å². The van der Waals surface area contributed by atoms with Crippen LogP contribution in [0.3, 0.4) is 0 Å². The van der Waals surface area contributed by atoms with Crippen molar-refractivity contribution in [3.8, 4) is 22.8 Å². The van der Waals surface area contributed by atoms with E-state index in [4.69, 9.17) is 14.2 Å². The molecule has 0 atom stereocenters. The van der Waals surface area contributed by atoms with E-state index in [1.807, 2.05) is 41.1 Å². The van der Waals surface area contributed by atoms with Crippen molar-refractivity contribution < 1.29 is 19.0 Å². The molecule has 5 rings (SSSR count). The van der Waals surface area contributed by atoms with Gasteiger partial charge in [0.15, 0.2) is 5.69 Å². The van der Waals surface area contributed by atoms with Crippen LogP contribution in [-0.2, 0) is 30.7 Å². The molecule has 0 aliphatic heterocycles. The van der Waals surface area contributed by atoms with Crippen LogP contribution in [0, 0.1) is 0 Å². The van der Waals surface area contributed by atoms with Gasteiger partial charge in [0.1, 0.15) is 24.4 Å². The topological polar surface area (TPSA) is 88.4 Å². The molecule has 2 aromatic carbocycles. The summed E-state index contributed by atoms with van der Waals surface area (Å²) in [6.07, 6.45) is 6.45. The summed E-state index contributed by atoms with van der Waals surface area (Å²) in [4.78, 5) is 20.5. The number of methoxy groups -OCH3 is 2. The Morgan fingerprint density at radius 3 is 2.65 bits per heavy atom. The lowest BCUT2D eigenvalue weighted by molar-refractivity contribution is 0.0591. The van der Waals surface area contributed by atoms with Crippen molar-refractivity contribution >= 4 is 5.97 Å². The monoisotopic (exact) mass is 456 g/mol. The smallest absolute Gasteiger partial charge is 0.358 e. The number of hydrogen-bond donors (Lipinski definition) is 0. The first kappa shape index (κ1) is 21.6. The van der Waals surface area contributed by atoms with Gasteiger partial charge in [0.05, 0.1) is 26.5 Å². The summed E-state index contributed by atoms with van der Waals surface area (Å²) in [6, 6.07) is 13.9. The highest BCUT2D eigenvalue weighted by Crippen LogP contribution is 2.38. The molecule has 0 spiro atoms. The highest BCUT2D eigenvalue weighted by Gasteiger charge is 2.29. The predicted molar refractivity (Wildman–Crippen MR) is 125 cm³/mol. The van der Waals surface area contributed by atoms with Gasteiger partial charge in [-0.3, -0.25) is 4.68 Å². The van der Waals surface area contributed by atoms with Crippen LogP contribution in [0.1, 0.15) is 32.7 Å². The Morgan fingerprint density at radius 1 is 1.00 bits per heavy atom. The lowest BCUT2D eigenvalue weighted by atomic mass is 9.88. The first-order valence-electron chi connectivity index (χ1n) is 11.0. The van der Waals surface area contributed by atoms with Crippen molar-refractivity contribution in [2.24, 2.45) is 0 Å². The lowest BCUT2D eigenvalue weighted by Gasteiger charge is -2.20. The summed E-state index contributed by atoms with van der Waals surface area (Å²) in [7, 11) is 3.03. The molecule has 2 aromatic heterocycles. The number of ether oxygens (including phenoxy) is 3. The molecule has 1 aliphatic carbocycles. The number of hydrogen-bond acceptors (Lipinski definition) is 7. The van der Waals surface area contributed by atoms with Gasteiger partial charge >= 0.3 is 5.97 Å². The summed E-state index contributed by atoms with van der Waals surface area (Å²) in [5.41, 5.74) is 6.35. The van der Waals surface area contributed by atoms with Crippen LogP contribution in [-0.4, -0.2) is 39.9 Å². The normalized spacial score (nSPS) is 11.9. The van der Waals surface area contributed by atoms with Gasteiger partial charge in [0.2, 0.25) is 0 Å². The molecular weight excluding hydrogens is 432 g/mol. The summed E-state index contributed by atoms with van der Waals surface area (Å²) in [5.74, 6) is 1.13. The highest BCUT2D eigenvalue weighted by molar-refractivity contribution is 5.92. The average Bonchev–Trinajstić information content (AvgIpc) is 3.26. The second kappa shape index (κ2) is 9.35. The predicted octanol–water partition coefficient (Wildman–Crippen LogP) is 3.86. The van der Waals surface area contributed by atoms with E-state index in [2.05, 4.69) is 21.1 Å². The Labute approximate surface area is 197 Å². The quantitative estimate of drug-likeness (QED) is 0.390. The summed E-state index contributed by atoms with van der Waals surface area (Å²) >= 11 is 0. The van der Waals surface area contributed by atoms with Crippen LogP contribution in [0.4, 0.5) is 0 Å². The van der Waals surface area contributed by atoms with Crippen molar-refractivity contribution in [1.82, 2.24) is 19.7 Å². The third-order valence-corrected chi connectivity index (χ3v) is 5.89. The van der Waals surface area contributed by atoms with Crippen LogP contribution in [0.15, 0.2) is 61.2 Å². The van der Waals surface area contributed by atoms with Gasteiger partial charge in [-0.25, -0.2) is 14.8 Å². The fourth-order valence-electron chi connectivity index (χ4n) is 4.28. The van der Waals surface area contributed by atoms with E-state index >= 15 is 0 Å². The van der Waals surface area contributed by atoms with E-state index in [1.165, 1.54) is 13.4 Å². The molecule has 172 valence electrons. The average molecular weight is 457 g/mol. The molecule has 0 fully saturated rings. The first-order chi connectivity index (χ1) is 16.7. The molecule has 2 heterocycles. The first-order valence-corrected chi connectivity index (χ1v) is 11.0. The molecule has 0 N–H and O–H groups in total. The number of aryl methyl sites for hydroxylation is 1. The van der Waals surface area contributed by atoms with E-state index in [9.17, 15) is 4.79 Å². The van der Waals surface area contributed by atoms with Crippen molar-refractivity contribution in [3.63, 3.8) is 0 Å². The molecule has 4 aromatic rings. The van der Waals surface area contributed by atoms with Crippen molar-refractivity contribution in [2.75, 3.05) is 14.2 Å². The van der Waals surface area contributed by atoms with Gasteiger partial charge in [-0.15, -0.1) is 0 Å². The van der Waals surface area contributed by atoms with Crippen LogP contribution < -0.4 is 9.47 Å². The van der Waals surface area contributed by atoms with Gasteiger partial charge in [0.25, 0.3) is 0 Å². The third-order valence-electron chi connectivity index (χ3n) is 5.89. The molecule has 0 saturated carbocycles. The number of rotatable bonds is 7. The number of benzene rings is 2. The second-order valence-corrected chi connectivity index (χ2v) is 8.03. The van der Waals surface area contributed by atoms with E-state index < -0.39 is 5.97 Å². The van der Waals surface area contributed by atoms with Gasteiger partial charge in [0, 0.05) is 29.1 Å². The van der Waals surface area contributed by atoms with Crippen molar-refractivity contribution in [2.45, 2.75) is 26.0 Å². The lowest BCUT2D eigenvalue weighted by Crippen LogP contribution is -2.10. The number of carbonyl (C=O) groups is 1. The number of aromatic nitrogens is 4. The Kier molecular flexibility index (Phi) is 5.95. The number of fused-ring (bicyclic) bond motifs is 3.